The van der Waals surface area contributed by atoms with Gasteiger partial charge in [0.25, 0.3) is 0 Å². The van der Waals surface area contributed by atoms with E-state index in [2.05, 4.69) is 35.3 Å². The lowest BCUT2D eigenvalue weighted by Crippen LogP contribution is -2.50. The second-order valence-corrected chi connectivity index (χ2v) is 10.2. The summed E-state index contributed by atoms with van der Waals surface area (Å²) in [4.78, 5) is 14.0. The van der Waals surface area contributed by atoms with Crippen LogP contribution in [0.1, 0.15) is 32.8 Å². The minimum absolute atomic E-state index is 0.0483. The van der Waals surface area contributed by atoms with E-state index >= 15 is 0 Å². The summed E-state index contributed by atoms with van der Waals surface area (Å²) in [5.41, 5.74) is 2.23. The zero-order valence-electron chi connectivity index (χ0n) is 16.3. The first kappa shape index (κ1) is 20.7. The lowest BCUT2D eigenvalue weighted by atomic mass is 9.92. The summed E-state index contributed by atoms with van der Waals surface area (Å²) in [6.45, 7) is 10.5. The molecule has 0 atom stereocenters. The van der Waals surface area contributed by atoms with Crippen LogP contribution >= 0.6 is 0 Å². The van der Waals surface area contributed by atoms with Crippen LogP contribution in [0.5, 0.6) is 0 Å². The molecule has 0 bridgehead atoms. The number of nitrogens with one attached hydrogen (secondary N) is 1. The second-order valence-electron chi connectivity index (χ2n) is 8.13. The zero-order valence-corrected chi connectivity index (χ0v) is 17.1. The van der Waals surface area contributed by atoms with Crippen molar-refractivity contribution in [1.29, 1.82) is 0 Å². The molecule has 1 fully saturated rings. The second kappa shape index (κ2) is 8.39. The monoisotopic (exact) mass is 381 g/mol. The molecule has 26 heavy (non-hydrogen) atoms. The molecule has 0 aromatic heterocycles. The molecule has 0 radical (unpaired) electrons. The van der Waals surface area contributed by atoms with E-state index in [4.69, 9.17) is 0 Å². The Balaban J connectivity index is 1.81. The van der Waals surface area contributed by atoms with Gasteiger partial charge in [-0.3, -0.25) is 4.79 Å². The topological polar surface area (TPSA) is 69.7 Å². The number of anilines is 1. The van der Waals surface area contributed by atoms with Crippen LogP contribution in [0.3, 0.4) is 0 Å². The molecule has 1 aromatic rings. The Morgan fingerprint density at radius 1 is 1.15 bits per heavy atom. The fourth-order valence-corrected chi connectivity index (χ4v) is 4.38. The number of aryl methyl sites for hydroxylation is 1. The Bertz CT molecular complexity index is 718. The van der Waals surface area contributed by atoms with Crippen LogP contribution in [-0.2, 0) is 14.8 Å². The van der Waals surface area contributed by atoms with Crippen molar-refractivity contribution in [2.75, 3.05) is 43.4 Å². The van der Waals surface area contributed by atoms with Gasteiger partial charge in [-0.1, -0.05) is 32.9 Å². The third-order valence-corrected chi connectivity index (χ3v) is 6.24. The van der Waals surface area contributed by atoms with Crippen LogP contribution in [0.15, 0.2) is 24.3 Å². The highest BCUT2D eigenvalue weighted by Gasteiger charge is 2.27. The van der Waals surface area contributed by atoms with Gasteiger partial charge < -0.3 is 10.2 Å². The van der Waals surface area contributed by atoms with E-state index < -0.39 is 10.0 Å². The number of sulfonamides is 1. The third-order valence-electron chi connectivity index (χ3n) is 4.37. The van der Waals surface area contributed by atoms with Crippen LogP contribution in [-0.4, -0.2) is 57.1 Å². The summed E-state index contributed by atoms with van der Waals surface area (Å²) >= 11 is 0. The van der Waals surface area contributed by atoms with E-state index in [0.29, 0.717) is 32.6 Å². The zero-order chi connectivity index (χ0) is 19.4. The molecule has 1 saturated heterocycles. The van der Waals surface area contributed by atoms with Gasteiger partial charge in [-0.05, 0) is 30.0 Å². The number of benzene rings is 1. The van der Waals surface area contributed by atoms with Crippen molar-refractivity contribution < 1.29 is 13.2 Å². The molecule has 0 spiro atoms. The molecule has 1 aliphatic heterocycles. The van der Waals surface area contributed by atoms with Crippen molar-refractivity contribution in [3.05, 3.63) is 29.8 Å². The molecule has 0 aliphatic carbocycles. The Kier molecular flexibility index (Phi) is 6.69. The van der Waals surface area contributed by atoms with Gasteiger partial charge in [-0.15, -0.1) is 0 Å². The molecule has 7 heteroatoms. The normalized spacial score (nSPS) is 16.5. The highest BCUT2D eigenvalue weighted by atomic mass is 32.2. The van der Waals surface area contributed by atoms with Crippen molar-refractivity contribution >= 4 is 21.6 Å². The molecule has 1 heterocycles. The van der Waals surface area contributed by atoms with Crippen molar-refractivity contribution in [2.45, 2.75) is 34.1 Å². The Morgan fingerprint density at radius 2 is 1.81 bits per heavy atom. The van der Waals surface area contributed by atoms with Gasteiger partial charge in [0.15, 0.2) is 0 Å². The SMILES string of the molecule is Cc1cccc(N2CCN(S(=O)(=O)CCNC(=O)CC(C)(C)C)CC2)c1. The fraction of sp³-hybridized carbons (Fsp3) is 0.632. The lowest BCUT2D eigenvalue weighted by Gasteiger charge is -2.35. The summed E-state index contributed by atoms with van der Waals surface area (Å²) < 4.78 is 26.5. The quantitative estimate of drug-likeness (QED) is 0.818. The number of carbonyl (C=O) groups excluding carboxylic acids is 1. The van der Waals surface area contributed by atoms with Gasteiger partial charge in [-0.2, -0.15) is 4.31 Å². The van der Waals surface area contributed by atoms with Gasteiger partial charge in [0.2, 0.25) is 15.9 Å². The summed E-state index contributed by atoms with van der Waals surface area (Å²) in [6.07, 6.45) is 0.391. The summed E-state index contributed by atoms with van der Waals surface area (Å²) in [6, 6.07) is 8.25. The smallest absolute Gasteiger partial charge is 0.220 e. The number of hydrogen-bond acceptors (Lipinski definition) is 4. The third kappa shape index (κ3) is 6.29. The van der Waals surface area contributed by atoms with Gasteiger partial charge in [0.1, 0.15) is 0 Å². The van der Waals surface area contributed by atoms with Crippen LogP contribution in [0.4, 0.5) is 5.69 Å². The van der Waals surface area contributed by atoms with Gasteiger partial charge in [0, 0.05) is 44.8 Å². The number of nitrogens with zero attached hydrogens (tertiary/aromatic N) is 2. The molecule has 2 rings (SSSR count). The summed E-state index contributed by atoms with van der Waals surface area (Å²) in [5.74, 6) is -0.148. The van der Waals surface area contributed by atoms with E-state index in [1.54, 1.807) is 0 Å². The maximum atomic E-state index is 12.5. The molecule has 1 aliphatic rings. The van der Waals surface area contributed by atoms with Gasteiger partial charge in [0.05, 0.1) is 5.75 Å². The predicted octanol–water partition coefficient (Wildman–Crippen LogP) is 2.00. The standard InChI is InChI=1S/C19H31N3O3S/c1-16-6-5-7-17(14-16)21-9-11-22(12-10-21)26(24,25)13-8-20-18(23)15-19(2,3)4/h5-7,14H,8-13,15H2,1-4H3,(H,20,23). The van der Waals surface area contributed by atoms with E-state index in [0.717, 1.165) is 5.69 Å². The summed E-state index contributed by atoms with van der Waals surface area (Å²) in [7, 11) is -3.34. The average Bonchev–Trinajstić information content (AvgIpc) is 2.53. The van der Waals surface area contributed by atoms with Crippen LogP contribution < -0.4 is 10.2 Å². The Hall–Kier alpha value is -1.60. The van der Waals surface area contributed by atoms with E-state index in [1.807, 2.05) is 26.8 Å². The van der Waals surface area contributed by atoms with Crippen LogP contribution in [0.25, 0.3) is 0 Å². The first-order valence-corrected chi connectivity index (χ1v) is 10.7. The van der Waals surface area contributed by atoms with E-state index in [9.17, 15) is 13.2 Å². The molecule has 6 nitrogen and oxygen atoms in total. The number of piperazine rings is 1. The molecule has 0 saturated carbocycles. The molecular weight excluding hydrogens is 350 g/mol. The number of hydrogen-bond donors (Lipinski definition) is 1. The first-order valence-electron chi connectivity index (χ1n) is 9.13. The van der Waals surface area contributed by atoms with Crippen LogP contribution in [0.2, 0.25) is 0 Å². The Morgan fingerprint density at radius 3 is 2.38 bits per heavy atom. The van der Waals surface area contributed by atoms with Crippen LogP contribution in [0, 0.1) is 12.3 Å². The minimum Gasteiger partial charge on any atom is -0.369 e. The molecule has 1 amide bonds. The molecular formula is C19H31N3O3S. The maximum absolute atomic E-state index is 12.5. The molecule has 0 unspecified atom stereocenters. The lowest BCUT2D eigenvalue weighted by molar-refractivity contribution is -0.122. The number of amides is 1. The van der Waals surface area contributed by atoms with Crippen molar-refractivity contribution in [3.8, 4) is 0 Å². The Labute approximate surface area is 157 Å². The maximum Gasteiger partial charge on any atom is 0.220 e. The van der Waals surface area contributed by atoms with E-state index in [1.165, 1.54) is 9.87 Å². The highest BCUT2D eigenvalue weighted by molar-refractivity contribution is 7.89. The largest absolute Gasteiger partial charge is 0.369 e. The number of rotatable bonds is 6. The molecule has 1 N–H and O–H groups in total. The first-order chi connectivity index (χ1) is 12.1. The van der Waals surface area contributed by atoms with Crippen molar-refractivity contribution in [2.24, 2.45) is 5.41 Å². The molecule has 1 aromatic carbocycles. The minimum atomic E-state index is -3.34. The highest BCUT2D eigenvalue weighted by Crippen LogP contribution is 2.19. The number of carbonyl (C=O) groups is 1. The average molecular weight is 382 g/mol. The van der Waals surface area contributed by atoms with Gasteiger partial charge in [-0.25, -0.2) is 8.42 Å². The predicted molar refractivity (Wildman–Crippen MR) is 106 cm³/mol. The fourth-order valence-electron chi connectivity index (χ4n) is 3.04. The summed E-state index contributed by atoms with van der Waals surface area (Å²) in [5, 5.41) is 2.72. The van der Waals surface area contributed by atoms with Crippen molar-refractivity contribution in [3.63, 3.8) is 0 Å². The van der Waals surface area contributed by atoms with Crippen molar-refractivity contribution in [1.82, 2.24) is 9.62 Å². The van der Waals surface area contributed by atoms with E-state index in [-0.39, 0.29) is 23.6 Å². The van der Waals surface area contributed by atoms with Gasteiger partial charge >= 0.3 is 0 Å². The molecule has 146 valence electrons.